The van der Waals surface area contributed by atoms with Gasteiger partial charge in [-0.3, -0.25) is 4.90 Å². The molecule has 0 aromatic heterocycles. The minimum atomic E-state index is 0.340. The molecule has 1 aliphatic rings. The summed E-state index contributed by atoms with van der Waals surface area (Å²) in [5.74, 6) is 1.60. The van der Waals surface area contributed by atoms with Crippen molar-refractivity contribution in [1.29, 1.82) is 0 Å². The number of piperidine rings is 1. The molecule has 106 valence electrons. The van der Waals surface area contributed by atoms with Gasteiger partial charge < -0.3 is 9.47 Å². The van der Waals surface area contributed by atoms with Crippen LogP contribution in [0.3, 0.4) is 0 Å². The van der Waals surface area contributed by atoms with Gasteiger partial charge in [-0.15, -0.1) is 0 Å². The number of likely N-dealkylation sites (tertiary alicyclic amines) is 1. The summed E-state index contributed by atoms with van der Waals surface area (Å²) in [4.78, 5) is 2.44. The summed E-state index contributed by atoms with van der Waals surface area (Å²) in [6, 6.07) is 6.16. The van der Waals surface area contributed by atoms with Gasteiger partial charge in [0.2, 0.25) is 0 Å². The van der Waals surface area contributed by atoms with E-state index in [2.05, 4.69) is 33.8 Å². The zero-order chi connectivity index (χ0) is 13.8. The molecule has 0 amide bonds. The lowest BCUT2D eigenvalue weighted by atomic mass is 9.95. The Morgan fingerprint density at radius 1 is 1.37 bits per heavy atom. The van der Waals surface area contributed by atoms with Crippen molar-refractivity contribution in [3.8, 4) is 5.75 Å². The van der Waals surface area contributed by atoms with Gasteiger partial charge in [0.1, 0.15) is 5.75 Å². The number of nitrogens with zero attached hydrogens (tertiary/aromatic N) is 1. The minimum absolute atomic E-state index is 0.340. The molecule has 0 spiro atoms. The molecule has 2 atom stereocenters. The van der Waals surface area contributed by atoms with Crippen LogP contribution >= 0.6 is 15.9 Å². The SMILES string of the molecule is COc1ccc(Br)cc1CN1CCC(C)C(OC)C1. The van der Waals surface area contributed by atoms with Crippen LogP contribution in [0.25, 0.3) is 0 Å². The quantitative estimate of drug-likeness (QED) is 0.846. The molecule has 1 heterocycles. The molecule has 0 bridgehead atoms. The fourth-order valence-electron chi connectivity index (χ4n) is 2.66. The average molecular weight is 328 g/mol. The fourth-order valence-corrected chi connectivity index (χ4v) is 3.07. The van der Waals surface area contributed by atoms with Crippen molar-refractivity contribution in [3.05, 3.63) is 28.2 Å². The van der Waals surface area contributed by atoms with Crippen LogP contribution < -0.4 is 4.74 Å². The van der Waals surface area contributed by atoms with E-state index in [-0.39, 0.29) is 0 Å². The molecule has 1 aromatic rings. The van der Waals surface area contributed by atoms with Crippen molar-refractivity contribution in [2.24, 2.45) is 5.92 Å². The molecule has 0 radical (unpaired) electrons. The summed E-state index contributed by atoms with van der Waals surface area (Å²) in [5, 5.41) is 0. The number of benzene rings is 1. The predicted octanol–water partition coefficient (Wildman–Crippen LogP) is 3.31. The number of halogens is 1. The minimum Gasteiger partial charge on any atom is -0.496 e. The molecule has 1 fully saturated rings. The predicted molar refractivity (Wildman–Crippen MR) is 80.5 cm³/mol. The number of rotatable bonds is 4. The highest BCUT2D eigenvalue weighted by molar-refractivity contribution is 9.10. The highest BCUT2D eigenvalue weighted by Crippen LogP contribution is 2.27. The zero-order valence-electron chi connectivity index (χ0n) is 11.9. The first-order valence-corrected chi connectivity index (χ1v) is 7.51. The molecule has 0 aliphatic carbocycles. The first kappa shape index (κ1) is 14.8. The molecule has 1 saturated heterocycles. The van der Waals surface area contributed by atoms with Gasteiger partial charge in [0.25, 0.3) is 0 Å². The van der Waals surface area contributed by atoms with Crippen molar-refractivity contribution < 1.29 is 9.47 Å². The van der Waals surface area contributed by atoms with Crippen LogP contribution in [0.15, 0.2) is 22.7 Å². The van der Waals surface area contributed by atoms with E-state index in [1.807, 2.05) is 19.2 Å². The van der Waals surface area contributed by atoms with Gasteiger partial charge in [-0.05, 0) is 37.1 Å². The molecule has 0 saturated carbocycles. The summed E-state index contributed by atoms with van der Waals surface area (Å²) >= 11 is 3.53. The highest BCUT2D eigenvalue weighted by atomic mass is 79.9. The van der Waals surface area contributed by atoms with Gasteiger partial charge in [-0.2, -0.15) is 0 Å². The van der Waals surface area contributed by atoms with E-state index >= 15 is 0 Å². The largest absolute Gasteiger partial charge is 0.496 e. The van der Waals surface area contributed by atoms with Crippen molar-refractivity contribution in [2.75, 3.05) is 27.3 Å². The fraction of sp³-hybridized carbons (Fsp3) is 0.600. The van der Waals surface area contributed by atoms with E-state index in [9.17, 15) is 0 Å². The second-order valence-electron chi connectivity index (χ2n) is 5.23. The lowest BCUT2D eigenvalue weighted by molar-refractivity contribution is -0.00762. The monoisotopic (exact) mass is 327 g/mol. The Bertz CT molecular complexity index is 425. The summed E-state index contributed by atoms with van der Waals surface area (Å²) in [7, 11) is 3.54. The van der Waals surface area contributed by atoms with Crippen LogP contribution in [0.5, 0.6) is 5.75 Å². The standard InChI is InChI=1S/C15H22BrNO2/c1-11-6-7-17(10-15(11)19-3)9-12-8-13(16)4-5-14(12)18-2/h4-5,8,11,15H,6-7,9-10H2,1-3H3. The van der Waals surface area contributed by atoms with Gasteiger partial charge in [-0.25, -0.2) is 0 Å². The van der Waals surface area contributed by atoms with E-state index in [0.717, 1.165) is 29.9 Å². The molecule has 0 N–H and O–H groups in total. The Balaban J connectivity index is 2.06. The van der Waals surface area contributed by atoms with Gasteiger partial charge in [-0.1, -0.05) is 22.9 Å². The molecule has 3 nitrogen and oxygen atoms in total. The first-order chi connectivity index (χ1) is 9.13. The summed E-state index contributed by atoms with van der Waals surface area (Å²) < 4.78 is 12.1. The first-order valence-electron chi connectivity index (χ1n) is 6.71. The average Bonchev–Trinajstić information content (AvgIpc) is 2.41. The molecule has 1 aliphatic heterocycles. The van der Waals surface area contributed by atoms with Crippen molar-refractivity contribution >= 4 is 15.9 Å². The van der Waals surface area contributed by atoms with Crippen LogP contribution in [0, 0.1) is 5.92 Å². The van der Waals surface area contributed by atoms with Crippen molar-refractivity contribution in [3.63, 3.8) is 0 Å². The molecule has 2 unspecified atom stereocenters. The molecular weight excluding hydrogens is 306 g/mol. The highest BCUT2D eigenvalue weighted by Gasteiger charge is 2.26. The summed E-state index contributed by atoms with van der Waals surface area (Å²) in [6.45, 7) is 5.30. The van der Waals surface area contributed by atoms with Crippen LogP contribution in [0.4, 0.5) is 0 Å². The molecule has 4 heteroatoms. The molecular formula is C15H22BrNO2. The van der Waals surface area contributed by atoms with Gasteiger partial charge >= 0.3 is 0 Å². The maximum absolute atomic E-state index is 5.57. The van der Waals surface area contributed by atoms with Crippen molar-refractivity contribution in [2.45, 2.75) is 26.0 Å². The normalized spacial score (nSPS) is 24.4. The molecule has 1 aromatic carbocycles. The Morgan fingerprint density at radius 2 is 2.16 bits per heavy atom. The number of ether oxygens (including phenoxy) is 2. The van der Waals surface area contributed by atoms with Crippen LogP contribution in [0.2, 0.25) is 0 Å². The lowest BCUT2D eigenvalue weighted by Crippen LogP contribution is -2.43. The third kappa shape index (κ3) is 3.71. The van der Waals surface area contributed by atoms with Crippen LogP contribution in [0.1, 0.15) is 18.9 Å². The maximum atomic E-state index is 5.57. The van der Waals surface area contributed by atoms with E-state index in [4.69, 9.17) is 9.47 Å². The van der Waals surface area contributed by atoms with E-state index in [1.54, 1.807) is 7.11 Å². The van der Waals surface area contributed by atoms with Crippen LogP contribution in [-0.4, -0.2) is 38.3 Å². The zero-order valence-corrected chi connectivity index (χ0v) is 13.4. The van der Waals surface area contributed by atoms with E-state index in [0.29, 0.717) is 12.0 Å². The second kappa shape index (κ2) is 6.73. The van der Waals surface area contributed by atoms with Gasteiger partial charge in [0.15, 0.2) is 0 Å². The lowest BCUT2D eigenvalue weighted by Gasteiger charge is -2.36. The van der Waals surface area contributed by atoms with Gasteiger partial charge in [0.05, 0.1) is 13.2 Å². The Kier molecular flexibility index (Phi) is 5.25. The Labute approximate surface area is 124 Å². The Morgan fingerprint density at radius 3 is 2.84 bits per heavy atom. The number of hydrogen-bond acceptors (Lipinski definition) is 3. The summed E-state index contributed by atoms with van der Waals surface area (Å²) in [5.41, 5.74) is 1.22. The Hall–Kier alpha value is -0.580. The third-order valence-electron chi connectivity index (χ3n) is 3.91. The third-order valence-corrected chi connectivity index (χ3v) is 4.41. The molecule has 19 heavy (non-hydrogen) atoms. The number of methoxy groups -OCH3 is 2. The molecule has 2 rings (SSSR count). The van der Waals surface area contributed by atoms with Crippen LogP contribution in [-0.2, 0) is 11.3 Å². The van der Waals surface area contributed by atoms with E-state index in [1.165, 1.54) is 12.0 Å². The summed E-state index contributed by atoms with van der Waals surface area (Å²) in [6.07, 6.45) is 1.53. The topological polar surface area (TPSA) is 21.7 Å². The van der Waals surface area contributed by atoms with Gasteiger partial charge in [0, 0.05) is 30.2 Å². The van der Waals surface area contributed by atoms with Crippen molar-refractivity contribution in [1.82, 2.24) is 4.90 Å². The van der Waals surface area contributed by atoms with E-state index < -0.39 is 0 Å². The number of hydrogen-bond donors (Lipinski definition) is 0. The maximum Gasteiger partial charge on any atom is 0.123 e. The second-order valence-corrected chi connectivity index (χ2v) is 6.15. The smallest absolute Gasteiger partial charge is 0.123 e.